The highest BCUT2D eigenvalue weighted by Crippen LogP contribution is 2.22. The molecule has 4 nitrogen and oxygen atoms in total. The van der Waals surface area contributed by atoms with Crippen molar-refractivity contribution in [1.29, 1.82) is 0 Å². The van der Waals surface area contributed by atoms with E-state index >= 15 is 0 Å². The van der Waals surface area contributed by atoms with Crippen molar-refractivity contribution in [2.24, 2.45) is 11.7 Å². The molecule has 2 atom stereocenters. The molecule has 2 rings (SSSR count). The van der Waals surface area contributed by atoms with Crippen molar-refractivity contribution < 1.29 is 4.79 Å². The Hall–Kier alpha value is -1.13. The van der Waals surface area contributed by atoms with Gasteiger partial charge in [0.15, 0.2) is 0 Å². The summed E-state index contributed by atoms with van der Waals surface area (Å²) in [4.78, 5) is 18.3. The van der Waals surface area contributed by atoms with Crippen molar-refractivity contribution in [3.63, 3.8) is 0 Å². The third-order valence-electron chi connectivity index (χ3n) is 3.52. The summed E-state index contributed by atoms with van der Waals surface area (Å²) in [6.45, 7) is 3.42. The molecule has 0 bridgehead atoms. The largest absolute Gasteiger partial charge is 0.334 e. The number of nitrogens with zero attached hydrogens (tertiary/aromatic N) is 2. The predicted octanol–water partition coefficient (Wildman–Crippen LogP) is 1.93. The van der Waals surface area contributed by atoms with Crippen LogP contribution in [0.15, 0.2) is 18.3 Å². The lowest BCUT2D eigenvalue weighted by molar-refractivity contribution is 0.0561. The van der Waals surface area contributed by atoms with Crippen molar-refractivity contribution in [1.82, 2.24) is 9.88 Å². The van der Waals surface area contributed by atoms with E-state index in [2.05, 4.69) is 11.9 Å². The van der Waals surface area contributed by atoms with Crippen LogP contribution in [0.2, 0.25) is 5.02 Å². The monoisotopic (exact) mass is 267 g/mol. The Morgan fingerprint density at radius 3 is 2.94 bits per heavy atom. The first kappa shape index (κ1) is 13.3. The number of carbonyl (C=O) groups is 1. The molecule has 0 aromatic carbocycles. The zero-order valence-corrected chi connectivity index (χ0v) is 11.2. The maximum atomic E-state index is 12.4. The maximum absolute atomic E-state index is 12.4. The van der Waals surface area contributed by atoms with Gasteiger partial charge in [-0.1, -0.05) is 11.6 Å². The minimum atomic E-state index is -0.0303. The molecule has 1 amide bonds. The topological polar surface area (TPSA) is 59.2 Å². The lowest BCUT2D eigenvalue weighted by atomic mass is 9.93. The average molecular weight is 268 g/mol. The van der Waals surface area contributed by atoms with E-state index in [4.69, 9.17) is 17.3 Å². The molecule has 0 spiro atoms. The number of hydrogen-bond donors (Lipinski definition) is 1. The van der Waals surface area contributed by atoms with Gasteiger partial charge in [0.05, 0.1) is 5.02 Å². The lowest BCUT2D eigenvalue weighted by Gasteiger charge is -2.37. The highest BCUT2D eigenvalue weighted by Gasteiger charge is 2.29. The molecule has 2 unspecified atom stereocenters. The third-order valence-corrected chi connectivity index (χ3v) is 3.74. The number of aromatic nitrogens is 1. The number of halogens is 1. The molecule has 1 aliphatic rings. The number of hydrogen-bond acceptors (Lipinski definition) is 3. The Bertz CT molecular complexity index is 421. The van der Waals surface area contributed by atoms with Gasteiger partial charge in [-0.25, -0.2) is 4.98 Å². The fraction of sp³-hybridized carbons (Fsp3) is 0.538. The Morgan fingerprint density at radius 1 is 1.56 bits per heavy atom. The Balaban J connectivity index is 2.13. The molecule has 1 aliphatic heterocycles. The van der Waals surface area contributed by atoms with Gasteiger partial charge in [-0.2, -0.15) is 0 Å². The molecule has 2 heterocycles. The first-order valence-corrected chi connectivity index (χ1v) is 6.62. The van der Waals surface area contributed by atoms with Gasteiger partial charge >= 0.3 is 0 Å². The normalized spacial score (nSPS) is 24.1. The molecule has 0 radical (unpaired) electrons. The molecule has 18 heavy (non-hydrogen) atoms. The zero-order chi connectivity index (χ0) is 13.1. The summed E-state index contributed by atoms with van der Waals surface area (Å²) < 4.78 is 0. The van der Waals surface area contributed by atoms with Gasteiger partial charge in [-0.3, -0.25) is 4.79 Å². The fourth-order valence-corrected chi connectivity index (χ4v) is 2.42. The molecule has 2 N–H and O–H groups in total. The van der Waals surface area contributed by atoms with Gasteiger partial charge in [-0.15, -0.1) is 0 Å². The van der Waals surface area contributed by atoms with E-state index in [0.717, 1.165) is 19.4 Å². The quantitative estimate of drug-likeness (QED) is 0.891. The molecule has 1 aromatic rings. The number of pyridine rings is 1. The van der Waals surface area contributed by atoms with Crippen LogP contribution < -0.4 is 5.73 Å². The molecule has 0 saturated carbocycles. The van der Waals surface area contributed by atoms with Crippen molar-refractivity contribution in [2.75, 3.05) is 13.1 Å². The third kappa shape index (κ3) is 2.82. The number of likely N-dealkylation sites (tertiary alicyclic amines) is 1. The Kier molecular flexibility index (Phi) is 4.19. The number of piperidine rings is 1. The second-order valence-electron chi connectivity index (χ2n) is 4.85. The van der Waals surface area contributed by atoms with Crippen LogP contribution in [-0.2, 0) is 0 Å². The average Bonchev–Trinajstić information content (AvgIpc) is 2.39. The van der Waals surface area contributed by atoms with Gasteiger partial charge in [0.1, 0.15) is 5.69 Å². The van der Waals surface area contributed by atoms with E-state index < -0.39 is 0 Å². The molecule has 1 fully saturated rings. The summed E-state index contributed by atoms with van der Waals surface area (Å²) in [5, 5.41) is 0.540. The van der Waals surface area contributed by atoms with Crippen LogP contribution in [0.3, 0.4) is 0 Å². The first-order chi connectivity index (χ1) is 8.61. The Morgan fingerprint density at radius 2 is 2.33 bits per heavy atom. The van der Waals surface area contributed by atoms with Crippen molar-refractivity contribution in [2.45, 2.75) is 25.8 Å². The summed E-state index contributed by atoms with van der Waals surface area (Å²) in [6.07, 6.45) is 3.60. The second kappa shape index (κ2) is 5.67. The van der Waals surface area contributed by atoms with Gasteiger partial charge in [0, 0.05) is 18.8 Å². The van der Waals surface area contributed by atoms with E-state index in [-0.39, 0.29) is 11.9 Å². The van der Waals surface area contributed by atoms with E-state index in [9.17, 15) is 4.79 Å². The smallest absolute Gasteiger partial charge is 0.272 e. The molecular weight excluding hydrogens is 250 g/mol. The van der Waals surface area contributed by atoms with E-state index in [1.165, 1.54) is 6.20 Å². The molecule has 5 heteroatoms. The highest BCUT2D eigenvalue weighted by molar-refractivity contribution is 6.30. The van der Waals surface area contributed by atoms with Gasteiger partial charge in [0.2, 0.25) is 0 Å². The van der Waals surface area contributed by atoms with Crippen LogP contribution >= 0.6 is 11.6 Å². The lowest BCUT2D eigenvalue weighted by Crippen LogP contribution is -2.47. The summed E-state index contributed by atoms with van der Waals surface area (Å²) in [7, 11) is 0. The first-order valence-electron chi connectivity index (χ1n) is 6.24. The minimum Gasteiger partial charge on any atom is -0.334 e. The number of amides is 1. The van der Waals surface area contributed by atoms with Crippen LogP contribution in [0.5, 0.6) is 0 Å². The van der Waals surface area contributed by atoms with Crippen LogP contribution in [0, 0.1) is 5.92 Å². The van der Waals surface area contributed by atoms with E-state index in [0.29, 0.717) is 23.2 Å². The van der Waals surface area contributed by atoms with Crippen LogP contribution in [0.25, 0.3) is 0 Å². The minimum absolute atomic E-state index is 0.0303. The highest BCUT2D eigenvalue weighted by atomic mass is 35.5. The van der Waals surface area contributed by atoms with Gasteiger partial charge in [-0.05, 0) is 44.4 Å². The maximum Gasteiger partial charge on any atom is 0.272 e. The van der Waals surface area contributed by atoms with Crippen molar-refractivity contribution in [3.8, 4) is 0 Å². The van der Waals surface area contributed by atoms with Gasteiger partial charge in [0.25, 0.3) is 5.91 Å². The Labute approximate surface area is 112 Å². The van der Waals surface area contributed by atoms with Crippen molar-refractivity contribution >= 4 is 17.5 Å². The SMILES string of the molecule is CC1CCC(CN)CN1C(=O)c1ccc(Cl)cn1. The van der Waals surface area contributed by atoms with Crippen molar-refractivity contribution in [3.05, 3.63) is 29.0 Å². The molecule has 0 aliphatic carbocycles. The number of rotatable bonds is 2. The fourth-order valence-electron chi connectivity index (χ4n) is 2.31. The van der Waals surface area contributed by atoms with Crippen LogP contribution in [0.4, 0.5) is 0 Å². The molecular formula is C13H18ClN3O. The van der Waals surface area contributed by atoms with Crippen LogP contribution in [0.1, 0.15) is 30.3 Å². The van der Waals surface area contributed by atoms with Crippen LogP contribution in [-0.4, -0.2) is 34.9 Å². The van der Waals surface area contributed by atoms with E-state index in [1.54, 1.807) is 12.1 Å². The molecule has 1 aromatic heterocycles. The predicted molar refractivity (Wildman–Crippen MR) is 71.5 cm³/mol. The zero-order valence-electron chi connectivity index (χ0n) is 10.5. The number of carbonyl (C=O) groups excluding carboxylic acids is 1. The number of nitrogens with two attached hydrogens (primary N) is 1. The summed E-state index contributed by atoms with van der Waals surface area (Å²) in [5.41, 5.74) is 6.15. The summed E-state index contributed by atoms with van der Waals surface area (Å²) in [6, 6.07) is 3.61. The molecule has 98 valence electrons. The second-order valence-corrected chi connectivity index (χ2v) is 5.28. The summed E-state index contributed by atoms with van der Waals surface area (Å²) in [5.74, 6) is 0.370. The van der Waals surface area contributed by atoms with Gasteiger partial charge < -0.3 is 10.6 Å². The summed E-state index contributed by atoms with van der Waals surface area (Å²) >= 11 is 5.77. The van der Waals surface area contributed by atoms with E-state index in [1.807, 2.05) is 4.90 Å². The standard InChI is InChI=1S/C13H18ClN3O/c1-9-2-3-10(6-15)8-17(9)13(18)12-5-4-11(14)7-16-12/h4-5,7,9-10H,2-3,6,8,15H2,1H3. The molecule has 1 saturated heterocycles.